The molecule has 0 fully saturated rings. The van der Waals surface area contributed by atoms with Crippen molar-refractivity contribution in [2.75, 3.05) is 32.6 Å². The van der Waals surface area contributed by atoms with Gasteiger partial charge in [0.15, 0.2) is 9.84 Å². The average Bonchev–Trinajstić information content (AvgIpc) is 2.34. The van der Waals surface area contributed by atoms with E-state index < -0.39 is 19.9 Å². The van der Waals surface area contributed by atoms with Gasteiger partial charge in [-0.2, -0.15) is 0 Å². The number of nitrogen functional groups attached to an aromatic ring is 1. The van der Waals surface area contributed by atoms with E-state index >= 15 is 0 Å². The van der Waals surface area contributed by atoms with Gasteiger partial charge >= 0.3 is 0 Å². The van der Waals surface area contributed by atoms with E-state index in [-0.39, 0.29) is 28.1 Å². The number of sulfone groups is 1. The van der Waals surface area contributed by atoms with Gasteiger partial charge < -0.3 is 10.6 Å². The first kappa shape index (κ1) is 17.9. The summed E-state index contributed by atoms with van der Waals surface area (Å²) in [5, 5.41) is 0. The number of nitrogens with two attached hydrogens (primary N) is 1. The topological polar surface area (TPSA) is 110 Å². The lowest BCUT2D eigenvalue weighted by Gasteiger charge is -2.20. The van der Waals surface area contributed by atoms with Gasteiger partial charge in [0.2, 0.25) is 10.0 Å². The van der Waals surface area contributed by atoms with Gasteiger partial charge in [0.1, 0.15) is 4.90 Å². The maximum absolute atomic E-state index is 12.3. The van der Waals surface area contributed by atoms with Crippen LogP contribution in [0.25, 0.3) is 0 Å². The molecule has 1 rings (SSSR count). The monoisotopic (exact) mass is 335 g/mol. The maximum atomic E-state index is 12.3. The van der Waals surface area contributed by atoms with Crippen LogP contribution in [0.5, 0.6) is 0 Å². The van der Waals surface area contributed by atoms with Gasteiger partial charge in [-0.3, -0.25) is 0 Å². The first-order valence-corrected chi connectivity index (χ1v) is 9.58. The largest absolute Gasteiger partial charge is 0.398 e. The average molecular weight is 335 g/mol. The highest BCUT2D eigenvalue weighted by Crippen LogP contribution is 2.22. The molecule has 0 aromatic heterocycles. The summed E-state index contributed by atoms with van der Waals surface area (Å²) in [6.07, 6.45) is 1.01. The molecule has 120 valence electrons. The van der Waals surface area contributed by atoms with E-state index in [1.165, 1.54) is 12.1 Å². The van der Waals surface area contributed by atoms with E-state index in [1.54, 1.807) is 0 Å². The van der Waals surface area contributed by atoms with Crippen LogP contribution in [0.15, 0.2) is 28.0 Å². The van der Waals surface area contributed by atoms with Crippen molar-refractivity contribution < 1.29 is 16.8 Å². The molecule has 1 aromatic carbocycles. The molecule has 1 unspecified atom stereocenters. The molecule has 0 aliphatic heterocycles. The number of hydrogen-bond donors (Lipinski definition) is 2. The van der Waals surface area contributed by atoms with E-state index in [0.717, 1.165) is 12.3 Å². The van der Waals surface area contributed by atoms with Crippen LogP contribution < -0.4 is 10.5 Å². The maximum Gasteiger partial charge on any atom is 0.242 e. The zero-order valence-corrected chi connectivity index (χ0v) is 14.1. The fraction of sp³-hybridized carbons (Fsp3) is 0.500. The third kappa shape index (κ3) is 4.67. The van der Waals surface area contributed by atoms with E-state index in [9.17, 15) is 16.8 Å². The minimum absolute atomic E-state index is 0.00686. The highest BCUT2D eigenvalue weighted by Gasteiger charge is 2.21. The quantitative estimate of drug-likeness (QED) is 0.703. The van der Waals surface area contributed by atoms with Crippen LogP contribution in [0.1, 0.15) is 6.92 Å². The first-order valence-electron chi connectivity index (χ1n) is 6.21. The van der Waals surface area contributed by atoms with Crippen molar-refractivity contribution in [1.82, 2.24) is 9.62 Å². The molecule has 0 aliphatic rings. The fourth-order valence-electron chi connectivity index (χ4n) is 1.47. The van der Waals surface area contributed by atoms with Crippen molar-refractivity contribution in [1.29, 1.82) is 0 Å². The highest BCUT2D eigenvalue weighted by atomic mass is 32.2. The molecule has 0 spiro atoms. The predicted molar refractivity (Wildman–Crippen MR) is 82.3 cm³/mol. The smallest absolute Gasteiger partial charge is 0.242 e. The molecule has 1 aromatic rings. The number of likely N-dealkylation sites (N-methyl/N-ethyl adjacent to an activating group) is 1. The van der Waals surface area contributed by atoms with Gasteiger partial charge in [-0.1, -0.05) is 0 Å². The van der Waals surface area contributed by atoms with E-state index in [1.807, 2.05) is 25.9 Å². The second-order valence-corrected chi connectivity index (χ2v) is 8.89. The Balaban J connectivity index is 3.14. The Morgan fingerprint density at radius 3 is 2.29 bits per heavy atom. The summed E-state index contributed by atoms with van der Waals surface area (Å²) in [5.41, 5.74) is 5.67. The van der Waals surface area contributed by atoms with Crippen LogP contribution in [0.2, 0.25) is 0 Å². The molecule has 0 saturated carbocycles. The molecule has 21 heavy (non-hydrogen) atoms. The Kier molecular flexibility index (Phi) is 5.37. The third-order valence-corrected chi connectivity index (χ3v) is 5.74. The summed E-state index contributed by atoms with van der Waals surface area (Å²) in [6, 6.07) is 3.62. The summed E-state index contributed by atoms with van der Waals surface area (Å²) >= 11 is 0. The van der Waals surface area contributed by atoms with Gasteiger partial charge in [-0.05, 0) is 39.2 Å². The van der Waals surface area contributed by atoms with Crippen molar-refractivity contribution in [2.24, 2.45) is 0 Å². The van der Waals surface area contributed by atoms with Crippen molar-refractivity contribution in [2.45, 2.75) is 22.8 Å². The van der Waals surface area contributed by atoms with Crippen LogP contribution in [-0.4, -0.2) is 54.7 Å². The molecule has 0 radical (unpaired) electrons. The molecule has 9 heteroatoms. The van der Waals surface area contributed by atoms with Crippen molar-refractivity contribution in [3.05, 3.63) is 18.2 Å². The van der Waals surface area contributed by atoms with E-state index in [0.29, 0.717) is 0 Å². The van der Waals surface area contributed by atoms with Crippen molar-refractivity contribution >= 4 is 25.5 Å². The second-order valence-electron chi connectivity index (χ2n) is 5.14. The molecule has 0 heterocycles. The highest BCUT2D eigenvalue weighted by molar-refractivity contribution is 7.91. The standard InChI is InChI=1S/C12H21N3O4S2/c1-9(15(2)3)8-14-21(18,19)12-7-10(20(4,16)17)5-6-11(12)13/h5-7,9,14H,8,13H2,1-4H3. The lowest BCUT2D eigenvalue weighted by atomic mass is 10.3. The van der Waals surface area contributed by atoms with Crippen LogP contribution in [0, 0.1) is 0 Å². The van der Waals surface area contributed by atoms with Crippen LogP contribution in [0.4, 0.5) is 5.69 Å². The van der Waals surface area contributed by atoms with Crippen molar-refractivity contribution in [3.63, 3.8) is 0 Å². The minimum Gasteiger partial charge on any atom is -0.398 e. The molecule has 0 saturated heterocycles. The van der Waals surface area contributed by atoms with E-state index in [2.05, 4.69) is 4.72 Å². The minimum atomic E-state index is -3.87. The Morgan fingerprint density at radius 2 is 1.81 bits per heavy atom. The number of anilines is 1. The molecular formula is C12H21N3O4S2. The summed E-state index contributed by atoms with van der Waals surface area (Å²) < 4.78 is 50.0. The number of rotatable bonds is 6. The number of sulfonamides is 1. The van der Waals surface area contributed by atoms with Gasteiger partial charge in [-0.25, -0.2) is 21.6 Å². The molecule has 0 aliphatic carbocycles. The van der Waals surface area contributed by atoms with Crippen molar-refractivity contribution in [3.8, 4) is 0 Å². The third-order valence-electron chi connectivity index (χ3n) is 3.15. The number of benzene rings is 1. The fourth-order valence-corrected chi connectivity index (χ4v) is 3.47. The van der Waals surface area contributed by atoms with Crippen LogP contribution in [0.3, 0.4) is 0 Å². The van der Waals surface area contributed by atoms with Gasteiger partial charge in [0.05, 0.1) is 10.6 Å². The number of hydrogen-bond acceptors (Lipinski definition) is 6. The lowest BCUT2D eigenvalue weighted by Crippen LogP contribution is -2.38. The van der Waals surface area contributed by atoms with Gasteiger partial charge in [-0.15, -0.1) is 0 Å². The SMILES string of the molecule is CC(CNS(=O)(=O)c1cc(S(C)(=O)=O)ccc1N)N(C)C. The molecule has 0 bridgehead atoms. The summed E-state index contributed by atoms with van der Waals surface area (Å²) in [5.74, 6) is 0. The summed E-state index contributed by atoms with van der Waals surface area (Å²) in [7, 11) is -3.71. The Morgan fingerprint density at radius 1 is 1.24 bits per heavy atom. The van der Waals surface area contributed by atoms with Crippen LogP contribution in [-0.2, 0) is 19.9 Å². The molecular weight excluding hydrogens is 314 g/mol. The Bertz CT molecular complexity index is 712. The molecule has 1 atom stereocenters. The number of nitrogens with one attached hydrogen (secondary N) is 1. The van der Waals surface area contributed by atoms with Gasteiger partial charge in [0.25, 0.3) is 0 Å². The molecule has 7 nitrogen and oxygen atoms in total. The summed E-state index contributed by atoms with van der Waals surface area (Å²) in [6.45, 7) is 2.05. The summed E-state index contributed by atoms with van der Waals surface area (Å²) in [4.78, 5) is 1.55. The number of nitrogens with zero attached hydrogens (tertiary/aromatic N) is 1. The first-order chi connectivity index (χ1) is 9.45. The zero-order chi connectivity index (χ0) is 16.4. The van der Waals surface area contributed by atoms with E-state index in [4.69, 9.17) is 5.73 Å². The van der Waals surface area contributed by atoms with Gasteiger partial charge in [0, 0.05) is 18.8 Å². The predicted octanol–water partition coefficient (Wildman–Crippen LogP) is -0.0993. The van der Waals surface area contributed by atoms with Crippen LogP contribution >= 0.6 is 0 Å². The Labute approximate surface area is 126 Å². The zero-order valence-electron chi connectivity index (χ0n) is 12.5. The molecule has 3 N–H and O–H groups in total. The second kappa shape index (κ2) is 6.30. The Hall–Kier alpha value is -1.16. The lowest BCUT2D eigenvalue weighted by molar-refractivity contribution is 0.314. The normalized spacial score (nSPS) is 14.3. The molecule has 0 amide bonds.